The van der Waals surface area contributed by atoms with Crippen molar-refractivity contribution in [3.63, 3.8) is 0 Å². The molecular formula is C14H9BF6O6. The summed E-state index contributed by atoms with van der Waals surface area (Å²) in [5, 5.41) is 18.7. The molecule has 2 rings (SSSR count). The molecule has 0 aromatic heterocycles. The standard InChI is InChI=1S/C14H9BF6O6/c16-13(17,18)24-9-1-7(22)3-11(5-9)26-15-27-12-4-8(23)2-10(6-12)25-14(19,20)21/h1-6,15,22-23H. The van der Waals surface area contributed by atoms with Crippen molar-refractivity contribution in [3.05, 3.63) is 36.4 Å². The SMILES string of the molecule is Oc1cc(OBOc2cc(O)cc(OC(F)(F)F)c2)cc(OC(F)(F)F)c1. The molecule has 0 amide bonds. The molecule has 2 aromatic rings. The van der Waals surface area contributed by atoms with Gasteiger partial charge < -0.3 is 29.0 Å². The second kappa shape index (κ2) is 7.64. The van der Waals surface area contributed by atoms with Crippen molar-refractivity contribution in [1.82, 2.24) is 0 Å². The lowest BCUT2D eigenvalue weighted by atomic mass is 10.2. The van der Waals surface area contributed by atoms with Gasteiger partial charge in [-0.15, -0.1) is 26.3 Å². The molecule has 0 spiro atoms. The summed E-state index contributed by atoms with van der Waals surface area (Å²) in [7, 11) is -0.677. The first-order valence-electron chi connectivity index (χ1n) is 6.85. The number of phenols is 2. The van der Waals surface area contributed by atoms with Crippen molar-refractivity contribution in [2.75, 3.05) is 0 Å². The van der Waals surface area contributed by atoms with Crippen LogP contribution in [0.25, 0.3) is 0 Å². The molecule has 0 atom stereocenters. The van der Waals surface area contributed by atoms with Gasteiger partial charge in [0.1, 0.15) is 34.5 Å². The molecule has 0 aliphatic carbocycles. The van der Waals surface area contributed by atoms with Gasteiger partial charge in [-0.25, -0.2) is 0 Å². The van der Waals surface area contributed by atoms with Crippen LogP contribution in [0, 0.1) is 0 Å². The van der Waals surface area contributed by atoms with E-state index < -0.39 is 43.4 Å². The van der Waals surface area contributed by atoms with E-state index in [0.717, 1.165) is 24.3 Å². The largest absolute Gasteiger partial charge is 0.576 e. The van der Waals surface area contributed by atoms with Crippen molar-refractivity contribution < 1.29 is 55.3 Å². The number of hydrogen-bond acceptors (Lipinski definition) is 6. The van der Waals surface area contributed by atoms with Gasteiger partial charge in [-0.1, -0.05) is 0 Å². The number of rotatable bonds is 6. The van der Waals surface area contributed by atoms with E-state index in [2.05, 4.69) is 9.47 Å². The van der Waals surface area contributed by atoms with Gasteiger partial charge in [-0.05, 0) is 0 Å². The Bertz CT molecular complexity index is 729. The van der Waals surface area contributed by atoms with E-state index in [4.69, 9.17) is 9.31 Å². The van der Waals surface area contributed by atoms with Crippen molar-refractivity contribution in [3.8, 4) is 34.5 Å². The Balaban J connectivity index is 2.02. The molecule has 0 aliphatic rings. The fourth-order valence-corrected chi connectivity index (χ4v) is 1.83. The van der Waals surface area contributed by atoms with Crippen molar-refractivity contribution >= 4 is 7.69 Å². The van der Waals surface area contributed by atoms with Crippen molar-refractivity contribution in [1.29, 1.82) is 0 Å². The van der Waals surface area contributed by atoms with E-state index in [9.17, 15) is 36.6 Å². The highest BCUT2D eigenvalue weighted by atomic mass is 19.4. The van der Waals surface area contributed by atoms with E-state index >= 15 is 0 Å². The van der Waals surface area contributed by atoms with E-state index in [1.54, 1.807) is 0 Å². The molecule has 6 nitrogen and oxygen atoms in total. The molecule has 0 aliphatic heterocycles. The maximum atomic E-state index is 12.2. The van der Waals surface area contributed by atoms with Crippen LogP contribution >= 0.6 is 0 Å². The van der Waals surface area contributed by atoms with Gasteiger partial charge in [-0.3, -0.25) is 0 Å². The van der Waals surface area contributed by atoms with Crippen LogP contribution in [0.15, 0.2) is 36.4 Å². The number of halogens is 6. The van der Waals surface area contributed by atoms with Crippen LogP contribution in [0.3, 0.4) is 0 Å². The predicted molar refractivity (Wildman–Crippen MR) is 78.0 cm³/mol. The van der Waals surface area contributed by atoms with Gasteiger partial charge in [-0.2, -0.15) is 0 Å². The summed E-state index contributed by atoms with van der Waals surface area (Å²) in [6, 6.07) is 4.89. The number of alkyl halides is 6. The van der Waals surface area contributed by atoms with Crippen LogP contribution in [-0.4, -0.2) is 30.6 Å². The Morgan fingerprint density at radius 3 is 1.26 bits per heavy atom. The van der Waals surface area contributed by atoms with Crippen LogP contribution in [-0.2, 0) is 0 Å². The summed E-state index contributed by atoms with van der Waals surface area (Å²) in [5.41, 5.74) is 0. The zero-order valence-electron chi connectivity index (χ0n) is 13.0. The first kappa shape index (κ1) is 20.2. The van der Waals surface area contributed by atoms with Gasteiger partial charge in [0.25, 0.3) is 0 Å². The molecule has 27 heavy (non-hydrogen) atoms. The summed E-state index contributed by atoms with van der Waals surface area (Å²) < 4.78 is 90.3. The molecule has 13 heteroatoms. The molecule has 146 valence electrons. The molecule has 0 heterocycles. The molecule has 0 unspecified atom stereocenters. The lowest BCUT2D eigenvalue weighted by Crippen LogP contribution is -2.17. The second-order valence-electron chi connectivity index (χ2n) is 4.83. The average molecular weight is 398 g/mol. The zero-order chi connectivity index (χ0) is 20.2. The maximum Gasteiger partial charge on any atom is 0.576 e. The quantitative estimate of drug-likeness (QED) is 0.572. The summed E-state index contributed by atoms with van der Waals surface area (Å²) in [6.45, 7) is 0. The van der Waals surface area contributed by atoms with E-state index in [-0.39, 0.29) is 11.5 Å². The second-order valence-corrected chi connectivity index (χ2v) is 4.83. The van der Waals surface area contributed by atoms with Gasteiger partial charge >= 0.3 is 20.4 Å². The molecule has 0 fully saturated rings. The highest BCUT2D eigenvalue weighted by Crippen LogP contribution is 2.32. The summed E-state index contributed by atoms with van der Waals surface area (Å²) in [6.07, 6.45) is -9.98. The van der Waals surface area contributed by atoms with Crippen molar-refractivity contribution in [2.24, 2.45) is 0 Å². The third kappa shape index (κ3) is 7.34. The first-order valence-corrected chi connectivity index (χ1v) is 6.85. The Hall–Kier alpha value is -3.12. The number of aromatic hydroxyl groups is 2. The highest BCUT2D eigenvalue weighted by Gasteiger charge is 2.32. The monoisotopic (exact) mass is 398 g/mol. The normalized spacial score (nSPS) is 11.6. The molecular weight excluding hydrogens is 389 g/mol. The number of benzene rings is 2. The molecule has 2 aromatic carbocycles. The Morgan fingerprint density at radius 1 is 0.593 bits per heavy atom. The lowest BCUT2D eigenvalue weighted by molar-refractivity contribution is -0.275. The molecule has 0 radical (unpaired) electrons. The lowest BCUT2D eigenvalue weighted by Gasteiger charge is -2.13. The Labute approximate surface area is 147 Å². The number of hydrogen-bond donors (Lipinski definition) is 2. The van der Waals surface area contributed by atoms with E-state index in [1.807, 2.05) is 0 Å². The minimum Gasteiger partial charge on any atom is -0.528 e. The molecule has 0 bridgehead atoms. The zero-order valence-corrected chi connectivity index (χ0v) is 13.0. The highest BCUT2D eigenvalue weighted by molar-refractivity contribution is 6.20. The molecule has 2 N–H and O–H groups in total. The van der Waals surface area contributed by atoms with Gasteiger partial charge in [0, 0.05) is 36.4 Å². The van der Waals surface area contributed by atoms with Crippen LogP contribution < -0.4 is 18.8 Å². The van der Waals surface area contributed by atoms with Crippen LogP contribution in [0.4, 0.5) is 26.3 Å². The molecule has 0 saturated carbocycles. The van der Waals surface area contributed by atoms with Gasteiger partial charge in [0.2, 0.25) is 0 Å². The predicted octanol–water partition coefficient (Wildman–Crippen LogP) is 3.62. The Morgan fingerprint density at radius 2 is 0.926 bits per heavy atom. The summed E-state index contributed by atoms with van der Waals surface area (Å²) >= 11 is 0. The minimum absolute atomic E-state index is 0.277. The van der Waals surface area contributed by atoms with Gasteiger partial charge in [0.05, 0.1) is 0 Å². The van der Waals surface area contributed by atoms with Crippen LogP contribution in [0.5, 0.6) is 34.5 Å². The summed E-state index contributed by atoms with van der Waals surface area (Å²) in [5.74, 6) is -3.25. The Kier molecular flexibility index (Phi) is 5.71. The molecule has 0 saturated heterocycles. The van der Waals surface area contributed by atoms with Crippen LogP contribution in [0.1, 0.15) is 0 Å². The maximum absolute atomic E-state index is 12.2. The topological polar surface area (TPSA) is 77.4 Å². The number of phenolic OH excluding ortho intramolecular Hbond substituents is 2. The fourth-order valence-electron chi connectivity index (χ4n) is 1.83. The average Bonchev–Trinajstić information content (AvgIpc) is 2.42. The van der Waals surface area contributed by atoms with Crippen molar-refractivity contribution in [2.45, 2.75) is 12.7 Å². The first-order chi connectivity index (χ1) is 12.4. The fraction of sp³-hybridized carbons (Fsp3) is 0.143. The third-order valence-corrected chi connectivity index (χ3v) is 2.65. The smallest absolute Gasteiger partial charge is 0.528 e. The summed E-state index contributed by atoms with van der Waals surface area (Å²) in [4.78, 5) is 0. The van der Waals surface area contributed by atoms with Gasteiger partial charge in [0.15, 0.2) is 0 Å². The van der Waals surface area contributed by atoms with E-state index in [1.165, 1.54) is 0 Å². The number of ether oxygens (including phenoxy) is 2. The van der Waals surface area contributed by atoms with Crippen LogP contribution in [0.2, 0.25) is 0 Å². The van der Waals surface area contributed by atoms with E-state index in [0.29, 0.717) is 12.1 Å². The third-order valence-electron chi connectivity index (χ3n) is 2.65. The minimum atomic E-state index is -4.99.